The van der Waals surface area contributed by atoms with E-state index in [4.69, 9.17) is 16.3 Å². The highest BCUT2D eigenvalue weighted by atomic mass is 35.5. The summed E-state index contributed by atoms with van der Waals surface area (Å²) in [6.45, 7) is 2.08. The smallest absolute Gasteiger partial charge is 0.129 e. The van der Waals surface area contributed by atoms with Crippen LogP contribution in [0.1, 0.15) is 12.5 Å². The lowest BCUT2D eigenvalue weighted by Crippen LogP contribution is -2.15. The van der Waals surface area contributed by atoms with Gasteiger partial charge in [-0.15, -0.1) is 0 Å². The van der Waals surface area contributed by atoms with Gasteiger partial charge in [-0.3, -0.25) is 0 Å². The van der Waals surface area contributed by atoms with Crippen molar-refractivity contribution in [2.45, 2.75) is 19.4 Å². The molecular weight excluding hydrogens is 270 g/mol. The van der Waals surface area contributed by atoms with Crippen LogP contribution >= 0.6 is 11.6 Å². The molecule has 0 aliphatic heterocycles. The Bertz CT molecular complexity index is 705. The fourth-order valence-electron chi connectivity index (χ4n) is 2.40. The van der Waals surface area contributed by atoms with E-state index in [0.717, 1.165) is 23.1 Å². The third kappa shape index (κ3) is 2.66. The summed E-state index contributed by atoms with van der Waals surface area (Å²) in [4.78, 5) is 3.14. The van der Waals surface area contributed by atoms with Crippen LogP contribution in [0.4, 0.5) is 0 Å². The van der Waals surface area contributed by atoms with Gasteiger partial charge in [-0.2, -0.15) is 0 Å². The van der Waals surface area contributed by atoms with Crippen LogP contribution in [0.3, 0.4) is 0 Å². The molecule has 1 aromatic heterocycles. The minimum absolute atomic E-state index is 0.108. The number of H-pyrrole nitrogens is 1. The third-order valence-electron chi connectivity index (χ3n) is 3.33. The van der Waals surface area contributed by atoms with Gasteiger partial charge in [-0.25, -0.2) is 0 Å². The van der Waals surface area contributed by atoms with Crippen molar-refractivity contribution in [2.75, 3.05) is 0 Å². The van der Waals surface area contributed by atoms with Crippen LogP contribution in [-0.4, -0.2) is 11.1 Å². The van der Waals surface area contributed by atoms with E-state index in [1.165, 1.54) is 5.56 Å². The molecule has 0 bridgehead atoms. The number of nitrogens with one attached hydrogen (secondary N) is 1. The van der Waals surface area contributed by atoms with Gasteiger partial charge in [0.2, 0.25) is 0 Å². The third-order valence-corrected chi connectivity index (χ3v) is 3.64. The number of halogens is 1. The molecule has 0 amide bonds. The lowest BCUT2D eigenvalue weighted by molar-refractivity contribution is 0.225. The van der Waals surface area contributed by atoms with E-state index >= 15 is 0 Å². The van der Waals surface area contributed by atoms with Crippen LogP contribution in [0.15, 0.2) is 54.7 Å². The largest absolute Gasteiger partial charge is 0.490 e. The van der Waals surface area contributed by atoms with Gasteiger partial charge in [0.15, 0.2) is 0 Å². The van der Waals surface area contributed by atoms with Crippen LogP contribution in [0.25, 0.3) is 10.9 Å². The second-order valence-corrected chi connectivity index (χ2v) is 5.34. The quantitative estimate of drug-likeness (QED) is 0.729. The molecule has 1 heterocycles. The Morgan fingerprint density at radius 3 is 2.70 bits per heavy atom. The Hall–Kier alpha value is -1.93. The number of aromatic amines is 1. The molecule has 0 saturated carbocycles. The Kier molecular flexibility index (Phi) is 3.66. The monoisotopic (exact) mass is 285 g/mol. The van der Waals surface area contributed by atoms with Crippen molar-refractivity contribution < 1.29 is 4.74 Å². The van der Waals surface area contributed by atoms with Crippen molar-refractivity contribution in [2.24, 2.45) is 0 Å². The predicted octanol–water partition coefficient (Wildman–Crippen LogP) is 4.83. The molecule has 0 aliphatic rings. The molecule has 1 unspecified atom stereocenters. The lowest BCUT2D eigenvalue weighted by Gasteiger charge is -2.16. The maximum absolute atomic E-state index is 6.15. The molecule has 20 heavy (non-hydrogen) atoms. The Morgan fingerprint density at radius 1 is 1.10 bits per heavy atom. The van der Waals surface area contributed by atoms with Gasteiger partial charge < -0.3 is 9.72 Å². The van der Waals surface area contributed by atoms with Crippen LogP contribution in [0, 0.1) is 0 Å². The maximum atomic E-state index is 6.15. The molecule has 3 rings (SSSR count). The first-order valence-electron chi connectivity index (χ1n) is 6.70. The summed E-state index contributed by atoms with van der Waals surface area (Å²) < 4.78 is 6.07. The van der Waals surface area contributed by atoms with Gasteiger partial charge >= 0.3 is 0 Å². The molecule has 0 fully saturated rings. The van der Waals surface area contributed by atoms with Crippen molar-refractivity contribution in [3.05, 3.63) is 65.3 Å². The molecule has 3 heteroatoms. The average Bonchev–Trinajstić information content (AvgIpc) is 2.93. The SMILES string of the molecule is CC(Cc1ccccc1)Oc1ccc(Cl)c2[nH]ccc12. The Labute approximate surface area is 123 Å². The van der Waals surface area contributed by atoms with Crippen LogP contribution < -0.4 is 4.74 Å². The summed E-state index contributed by atoms with van der Waals surface area (Å²) in [6.07, 6.45) is 2.87. The fourth-order valence-corrected chi connectivity index (χ4v) is 2.62. The molecule has 102 valence electrons. The van der Waals surface area contributed by atoms with Crippen LogP contribution in [0.5, 0.6) is 5.75 Å². The van der Waals surface area contributed by atoms with Gasteiger partial charge in [0.1, 0.15) is 5.75 Å². The first-order chi connectivity index (χ1) is 9.74. The lowest BCUT2D eigenvalue weighted by atomic mass is 10.1. The number of ether oxygens (including phenoxy) is 1. The summed E-state index contributed by atoms with van der Waals surface area (Å²) in [5, 5.41) is 1.74. The maximum Gasteiger partial charge on any atom is 0.129 e. The van der Waals surface area contributed by atoms with Crippen LogP contribution in [-0.2, 0) is 6.42 Å². The highest BCUT2D eigenvalue weighted by Gasteiger charge is 2.10. The molecule has 0 aliphatic carbocycles. The van der Waals surface area contributed by atoms with Crippen molar-refractivity contribution in [3.8, 4) is 5.75 Å². The van der Waals surface area contributed by atoms with Crippen LogP contribution in [0.2, 0.25) is 5.02 Å². The molecule has 2 aromatic carbocycles. The summed E-state index contributed by atoms with van der Waals surface area (Å²) in [5.74, 6) is 0.870. The molecule has 1 N–H and O–H groups in total. The van der Waals surface area contributed by atoms with E-state index in [1.807, 2.05) is 30.5 Å². The second kappa shape index (κ2) is 5.59. The zero-order valence-corrected chi connectivity index (χ0v) is 12.0. The van der Waals surface area contributed by atoms with Gasteiger partial charge in [-0.1, -0.05) is 41.9 Å². The summed E-state index contributed by atoms with van der Waals surface area (Å²) in [6, 6.07) is 16.2. The van der Waals surface area contributed by atoms with Gasteiger partial charge in [-0.05, 0) is 30.7 Å². The Morgan fingerprint density at radius 2 is 1.90 bits per heavy atom. The number of hydrogen-bond acceptors (Lipinski definition) is 1. The fraction of sp³-hybridized carbons (Fsp3) is 0.176. The number of aromatic nitrogens is 1. The number of fused-ring (bicyclic) bond motifs is 1. The van der Waals surface area contributed by atoms with Crippen molar-refractivity contribution in [3.63, 3.8) is 0 Å². The van der Waals surface area contributed by atoms with E-state index in [0.29, 0.717) is 5.02 Å². The minimum atomic E-state index is 0.108. The van der Waals surface area contributed by atoms with Gasteiger partial charge in [0, 0.05) is 18.0 Å². The molecule has 0 spiro atoms. The standard InChI is InChI=1S/C17H16ClNO/c1-12(11-13-5-3-2-4-6-13)20-16-8-7-15(18)17-14(16)9-10-19-17/h2-10,12,19H,11H2,1H3. The van der Waals surface area contributed by atoms with Crippen molar-refractivity contribution >= 4 is 22.5 Å². The predicted molar refractivity (Wildman–Crippen MR) is 83.5 cm³/mol. The number of benzene rings is 2. The van der Waals surface area contributed by atoms with Crippen molar-refractivity contribution in [1.82, 2.24) is 4.98 Å². The second-order valence-electron chi connectivity index (χ2n) is 4.93. The molecular formula is C17H16ClNO. The molecule has 3 aromatic rings. The van der Waals surface area contributed by atoms with E-state index in [2.05, 4.69) is 36.2 Å². The summed E-state index contributed by atoms with van der Waals surface area (Å²) in [5.41, 5.74) is 2.20. The van der Waals surface area contributed by atoms with Crippen molar-refractivity contribution in [1.29, 1.82) is 0 Å². The van der Waals surface area contributed by atoms with E-state index in [9.17, 15) is 0 Å². The van der Waals surface area contributed by atoms with Gasteiger partial charge in [0.05, 0.1) is 16.6 Å². The van der Waals surface area contributed by atoms with Gasteiger partial charge in [0.25, 0.3) is 0 Å². The average molecular weight is 286 g/mol. The minimum Gasteiger partial charge on any atom is -0.490 e. The summed E-state index contributed by atoms with van der Waals surface area (Å²) in [7, 11) is 0. The number of rotatable bonds is 4. The van der Waals surface area contributed by atoms with E-state index < -0.39 is 0 Å². The zero-order chi connectivity index (χ0) is 13.9. The van der Waals surface area contributed by atoms with E-state index in [1.54, 1.807) is 0 Å². The summed E-state index contributed by atoms with van der Waals surface area (Å²) >= 11 is 6.15. The highest BCUT2D eigenvalue weighted by molar-refractivity contribution is 6.35. The number of hydrogen-bond donors (Lipinski definition) is 1. The molecule has 0 saturated heterocycles. The molecule has 0 radical (unpaired) electrons. The Balaban J connectivity index is 1.79. The highest BCUT2D eigenvalue weighted by Crippen LogP contribution is 2.31. The molecule has 2 nitrogen and oxygen atoms in total. The first-order valence-corrected chi connectivity index (χ1v) is 7.08. The normalized spacial score (nSPS) is 12.5. The topological polar surface area (TPSA) is 25.0 Å². The first kappa shape index (κ1) is 13.1. The zero-order valence-electron chi connectivity index (χ0n) is 11.3. The van der Waals surface area contributed by atoms with E-state index in [-0.39, 0.29) is 6.10 Å². The molecule has 1 atom stereocenters.